The fourth-order valence-electron chi connectivity index (χ4n) is 3.04. The number of amides is 1. The summed E-state index contributed by atoms with van der Waals surface area (Å²) in [6, 6.07) is 7.28. The first-order valence-electron chi connectivity index (χ1n) is 7.86. The summed E-state index contributed by atoms with van der Waals surface area (Å²) >= 11 is 6.04. The number of carboxylic acid groups (broad SMARTS) is 1. The van der Waals surface area contributed by atoms with E-state index in [9.17, 15) is 9.59 Å². The van der Waals surface area contributed by atoms with Crippen molar-refractivity contribution < 1.29 is 14.7 Å². The third-order valence-corrected chi connectivity index (χ3v) is 4.55. The number of likely N-dealkylation sites (tertiary alicyclic amines) is 1. The Balaban J connectivity index is 1.90. The molecule has 1 aliphatic heterocycles. The van der Waals surface area contributed by atoms with Crippen LogP contribution in [-0.2, 0) is 11.2 Å². The van der Waals surface area contributed by atoms with Gasteiger partial charge in [0.15, 0.2) is 0 Å². The maximum absolute atomic E-state index is 12.8. The Morgan fingerprint density at radius 3 is 2.83 bits per heavy atom. The SMILES string of the molecule is CCc1c(C(=O)N2CCC(C(=O)O)C2)cnn1-c1cccc(Cl)c1. The van der Waals surface area contributed by atoms with Crippen molar-refractivity contribution in [3.05, 3.63) is 46.7 Å². The van der Waals surface area contributed by atoms with Crippen molar-refractivity contribution in [3.63, 3.8) is 0 Å². The van der Waals surface area contributed by atoms with E-state index in [1.807, 2.05) is 19.1 Å². The van der Waals surface area contributed by atoms with Crippen LogP contribution >= 0.6 is 11.6 Å². The van der Waals surface area contributed by atoms with Crippen molar-refractivity contribution in [2.24, 2.45) is 5.92 Å². The molecule has 2 aromatic rings. The Morgan fingerprint density at radius 2 is 2.21 bits per heavy atom. The molecular formula is C17H18ClN3O3. The van der Waals surface area contributed by atoms with Crippen molar-refractivity contribution in [2.75, 3.05) is 13.1 Å². The van der Waals surface area contributed by atoms with E-state index >= 15 is 0 Å². The number of nitrogens with zero attached hydrogens (tertiary/aromatic N) is 3. The summed E-state index contributed by atoms with van der Waals surface area (Å²) in [5.74, 6) is -1.50. The second-order valence-corrected chi connectivity index (χ2v) is 6.26. The molecule has 1 aromatic carbocycles. The zero-order chi connectivity index (χ0) is 17.3. The number of halogens is 1. The van der Waals surface area contributed by atoms with Crippen LogP contribution in [0.15, 0.2) is 30.5 Å². The summed E-state index contributed by atoms with van der Waals surface area (Å²) in [6.07, 6.45) is 2.67. The number of carbonyl (C=O) groups excluding carboxylic acids is 1. The minimum Gasteiger partial charge on any atom is -0.481 e. The van der Waals surface area contributed by atoms with Crippen LogP contribution in [0.3, 0.4) is 0 Å². The summed E-state index contributed by atoms with van der Waals surface area (Å²) in [6.45, 7) is 2.67. The lowest BCUT2D eigenvalue weighted by Gasteiger charge is -2.16. The zero-order valence-corrected chi connectivity index (χ0v) is 14.0. The molecular weight excluding hydrogens is 330 g/mol. The zero-order valence-electron chi connectivity index (χ0n) is 13.3. The molecule has 0 bridgehead atoms. The topological polar surface area (TPSA) is 75.4 Å². The van der Waals surface area contributed by atoms with Crippen LogP contribution in [0.1, 0.15) is 29.4 Å². The lowest BCUT2D eigenvalue weighted by molar-refractivity contribution is -0.141. The molecule has 0 aliphatic carbocycles. The standard InChI is InChI=1S/C17H18ClN3O3/c1-2-15-14(16(22)20-7-6-11(10-20)17(23)24)9-19-21(15)13-5-3-4-12(18)8-13/h3-5,8-9,11H,2,6-7,10H2,1H3,(H,23,24). The van der Waals surface area contributed by atoms with Crippen LogP contribution < -0.4 is 0 Å². The van der Waals surface area contributed by atoms with Crippen LogP contribution in [0.5, 0.6) is 0 Å². The van der Waals surface area contributed by atoms with E-state index in [0.29, 0.717) is 30.0 Å². The minimum atomic E-state index is -0.851. The highest BCUT2D eigenvalue weighted by Gasteiger charge is 2.32. The maximum atomic E-state index is 12.8. The van der Waals surface area contributed by atoms with Gasteiger partial charge in [0, 0.05) is 18.1 Å². The molecule has 1 aromatic heterocycles. The molecule has 0 spiro atoms. The molecule has 1 fully saturated rings. The molecule has 1 atom stereocenters. The van der Waals surface area contributed by atoms with Crippen molar-refractivity contribution >= 4 is 23.5 Å². The Kier molecular flexibility index (Phi) is 4.57. The van der Waals surface area contributed by atoms with E-state index in [1.54, 1.807) is 27.9 Å². The van der Waals surface area contributed by atoms with E-state index in [0.717, 1.165) is 11.4 Å². The number of benzene rings is 1. The average molecular weight is 348 g/mol. The van der Waals surface area contributed by atoms with Gasteiger partial charge >= 0.3 is 5.97 Å². The van der Waals surface area contributed by atoms with Gasteiger partial charge in [-0.15, -0.1) is 0 Å². The summed E-state index contributed by atoms with van der Waals surface area (Å²) in [4.78, 5) is 25.4. The summed E-state index contributed by atoms with van der Waals surface area (Å²) in [5, 5.41) is 14.0. The van der Waals surface area contributed by atoms with Crippen LogP contribution in [-0.4, -0.2) is 44.8 Å². The monoisotopic (exact) mass is 347 g/mol. The van der Waals surface area contributed by atoms with Gasteiger partial charge in [-0.2, -0.15) is 5.10 Å². The van der Waals surface area contributed by atoms with Gasteiger partial charge in [-0.1, -0.05) is 24.6 Å². The number of hydrogen-bond acceptors (Lipinski definition) is 3. The van der Waals surface area contributed by atoms with Crippen molar-refractivity contribution in [3.8, 4) is 5.69 Å². The van der Waals surface area contributed by atoms with E-state index < -0.39 is 11.9 Å². The molecule has 1 unspecified atom stereocenters. The van der Waals surface area contributed by atoms with Gasteiger partial charge in [-0.05, 0) is 31.0 Å². The Morgan fingerprint density at radius 1 is 1.42 bits per heavy atom. The molecule has 24 heavy (non-hydrogen) atoms. The lowest BCUT2D eigenvalue weighted by atomic mass is 10.1. The van der Waals surface area contributed by atoms with Gasteiger partial charge in [-0.3, -0.25) is 9.59 Å². The largest absolute Gasteiger partial charge is 0.481 e. The van der Waals surface area contributed by atoms with Crippen molar-refractivity contribution in [1.29, 1.82) is 0 Å². The van der Waals surface area contributed by atoms with Crippen molar-refractivity contribution in [1.82, 2.24) is 14.7 Å². The van der Waals surface area contributed by atoms with Gasteiger partial charge in [0.25, 0.3) is 5.91 Å². The third-order valence-electron chi connectivity index (χ3n) is 4.31. The van der Waals surface area contributed by atoms with E-state index in [-0.39, 0.29) is 12.5 Å². The lowest BCUT2D eigenvalue weighted by Crippen LogP contribution is -2.30. The maximum Gasteiger partial charge on any atom is 0.308 e. The Bertz CT molecular complexity index is 787. The van der Waals surface area contributed by atoms with E-state index in [2.05, 4.69) is 5.10 Å². The molecule has 6 nitrogen and oxygen atoms in total. The highest BCUT2D eigenvalue weighted by atomic mass is 35.5. The molecule has 1 amide bonds. The molecule has 2 heterocycles. The molecule has 126 valence electrons. The molecule has 1 aliphatic rings. The number of rotatable bonds is 4. The second kappa shape index (κ2) is 6.65. The molecule has 1 saturated heterocycles. The Hall–Kier alpha value is -2.34. The van der Waals surface area contributed by atoms with Crippen LogP contribution in [0.2, 0.25) is 5.02 Å². The van der Waals surface area contributed by atoms with Crippen LogP contribution in [0, 0.1) is 5.92 Å². The highest BCUT2D eigenvalue weighted by Crippen LogP contribution is 2.23. The summed E-state index contributed by atoms with van der Waals surface area (Å²) < 4.78 is 1.71. The van der Waals surface area contributed by atoms with Gasteiger partial charge < -0.3 is 10.0 Å². The number of aromatic nitrogens is 2. The molecule has 0 saturated carbocycles. The summed E-state index contributed by atoms with van der Waals surface area (Å²) in [7, 11) is 0. The van der Waals surface area contributed by atoms with E-state index in [4.69, 9.17) is 16.7 Å². The Labute approximate surface area is 144 Å². The first kappa shape index (κ1) is 16.5. The normalized spacial score (nSPS) is 17.2. The highest BCUT2D eigenvalue weighted by molar-refractivity contribution is 6.30. The minimum absolute atomic E-state index is 0.163. The molecule has 1 N–H and O–H groups in total. The molecule has 0 radical (unpaired) electrons. The van der Waals surface area contributed by atoms with Crippen LogP contribution in [0.25, 0.3) is 5.69 Å². The first-order valence-corrected chi connectivity index (χ1v) is 8.24. The molecule has 3 rings (SSSR count). The number of hydrogen-bond donors (Lipinski definition) is 1. The molecule has 7 heteroatoms. The fourth-order valence-corrected chi connectivity index (χ4v) is 3.22. The summed E-state index contributed by atoms with van der Waals surface area (Å²) in [5.41, 5.74) is 2.10. The van der Waals surface area contributed by atoms with Gasteiger partial charge in [0.05, 0.1) is 29.1 Å². The number of carbonyl (C=O) groups is 2. The number of carboxylic acids is 1. The quantitative estimate of drug-likeness (QED) is 0.922. The average Bonchev–Trinajstić information content (AvgIpc) is 3.21. The third kappa shape index (κ3) is 3.01. The first-order chi connectivity index (χ1) is 11.5. The predicted molar refractivity (Wildman–Crippen MR) is 89.6 cm³/mol. The van der Waals surface area contributed by atoms with Gasteiger partial charge in [-0.25, -0.2) is 4.68 Å². The second-order valence-electron chi connectivity index (χ2n) is 5.83. The van der Waals surface area contributed by atoms with Gasteiger partial charge in [0.2, 0.25) is 0 Å². The smallest absolute Gasteiger partial charge is 0.308 e. The van der Waals surface area contributed by atoms with Gasteiger partial charge in [0.1, 0.15) is 0 Å². The van der Waals surface area contributed by atoms with E-state index in [1.165, 1.54) is 0 Å². The predicted octanol–water partition coefficient (Wildman–Crippen LogP) is 2.63. The van der Waals surface area contributed by atoms with Crippen molar-refractivity contribution in [2.45, 2.75) is 19.8 Å². The number of aliphatic carboxylic acids is 1. The van der Waals surface area contributed by atoms with Crippen LogP contribution in [0.4, 0.5) is 0 Å². The fraction of sp³-hybridized carbons (Fsp3) is 0.353.